The number of phenolic OH excluding ortho intramolecular Hbond substituents is 1. The number of halogens is 2. The van der Waals surface area contributed by atoms with Crippen molar-refractivity contribution in [2.75, 3.05) is 0 Å². The van der Waals surface area contributed by atoms with Crippen LogP contribution in [-0.4, -0.2) is 43.4 Å². The lowest BCUT2D eigenvalue weighted by Gasteiger charge is -2.59. The van der Waals surface area contributed by atoms with Gasteiger partial charge in [0.25, 0.3) is 0 Å². The van der Waals surface area contributed by atoms with Gasteiger partial charge in [-0.3, -0.25) is 14.4 Å². The van der Waals surface area contributed by atoms with E-state index in [0.717, 1.165) is 13.0 Å². The number of carbonyl (C=O) groups excluding carboxylic acids is 3. The average molecular weight is 595 g/mol. The van der Waals surface area contributed by atoms with Gasteiger partial charge < -0.3 is 20.4 Å². The Labute approximate surface area is 248 Å². The molecule has 3 aliphatic rings. The molecule has 228 valence electrons. The molecule has 4 N–H and O–H groups in total. The molecular weight excluding hydrogens is 558 g/mol. The van der Waals surface area contributed by atoms with Gasteiger partial charge in [0.1, 0.15) is 34.5 Å². The van der Waals surface area contributed by atoms with E-state index in [9.17, 15) is 43.6 Å². The summed E-state index contributed by atoms with van der Waals surface area (Å²) >= 11 is 0. The second kappa shape index (κ2) is 9.58. The fourth-order valence-corrected chi connectivity index (χ4v) is 8.24. The summed E-state index contributed by atoms with van der Waals surface area (Å²) in [5.41, 5.74) is -5.48. The summed E-state index contributed by atoms with van der Waals surface area (Å²) in [6.07, 6.45) is 0.0764. The summed E-state index contributed by atoms with van der Waals surface area (Å²) in [5.74, 6) is -8.14. The molecule has 7 nitrogen and oxygen atoms in total. The first-order valence-corrected chi connectivity index (χ1v) is 14.4. The molecule has 0 spiro atoms. The lowest BCUT2D eigenvalue weighted by molar-refractivity contribution is -0.178. The van der Waals surface area contributed by atoms with Crippen molar-refractivity contribution in [3.8, 4) is 16.9 Å². The Hall–Kier alpha value is -3.85. The number of rotatable bonds is 4. The maximum Gasteiger partial charge on any atom is 0.203 e. The number of hydrogen-bond acceptors (Lipinski definition) is 7. The highest BCUT2D eigenvalue weighted by Crippen LogP contribution is 2.65. The molecule has 5 rings (SSSR count). The number of benzene rings is 2. The van der Waals surface area contributed by atoms with Crippen LogP contribution in [0.15, 0.2) is 41.2 Å². The monoisotopic (exact) mass is 594 g/mol. The van der Waals surface area contributed by atoms with Crippen LogP contribution in [0.2, 0.25) is 0 Å². The maximum atomic E-state index is 14.9. The van der Waals surface area contributed by atoms with Crippen molar-refractivity contribution in [3.63, 3.8) is 0 Å². The van der Waals surface area contributed by atoms with Gasteiger partial charge in [-0.05, 0) is 60.9 Å². The number of hydrogen-bond donors (Lipinski definition) is 4. The van der Waals surface area contributed by atoms with E-state index in [0.29, 0.717) is 17.2 Å². The van der Waals surface area contributed by atoms with Crippen molar-refractivity contribution in [1.29, 1.82) is 0 Å². The van der Waals surface area contributed by atoms with Gasteiger partial charge in [-0.15, -0.1) is 0 Å². The Morgan fingerprint density at radius 2 is 1.63 bits per heavy atom. The zero-order valence-electron chi connectivity index (χ0n) is 25.2. The number of aromatic hydroxyl groups is 1. The molecule has 43 heavy (non-hydrogen) atoms. The van der Waals surface area contributed by atoms with E-state index in [4.69, 9.17) is 0 Å². The van der Waals surface area contributed by atoms with E-state index in [-0.39, 0.29) is 41.0 Å². The number of fused-ring (bicyclic) bond motifs is 3. The lowest BCUT2D eigenvalue weighted by atomic mass is 9.43. The molecule has 9 heteroatoms. The number of aliphatic hydroxyl groups is 3. The summed E-state index contributed by atoms with van der Waals surface area (Å²) < 4.78 is 28.6. The molecule has 1 fully saturated rings. The number of phenols is 1. The van der Waals surface area contributed by atoms with Crippen LogP contribution in [0, 0.1) is 34.3 Å². The van der Waals surface area contributed by atoms with Gasteiger partial charge in [-0.1, -0.05) is 41.5 Å². The fourth-order valence-electron chi connectivity index (χ4n) is 8.24. The Kier molecular flexibility index (Phi) is 6.82. The fraction of sp³-hybridized carbons (Fsp3) is 0.441. The lowest BCUT2D eigenvalue weighted by Crippen LogP contribution is -2.69. The second-order valence-corrected chi connectivity index (χ2v) is 13.5. The molecule has 2 aromatic carbocycles. The molecule has 1 unspecified atom stereocenters. The minimum atomic E-state index is -2.73. The molecule has 0 radical (unpaired) electrons. The van der Waals surface area contributed by atoms with E-state index < -0.39 is 80.1 Å². The number of carbonyl (C=O) groups is 3. The molecule has 0 heterocycles. The van der Waals surface area contributed by atoms with Crippen molar-refractivity contribution in [2.24, 2.45) is 22.7 Å². The molecule has 3 aliphatic carbocycles. The Morgan fingerprint density at radius 3 is 2.16 bits per heavy atom. The smallest absolute Gasteiger partial charge is 0.203 e. The predicted molar refractivity (Wildman–Crippen MR) is 155 cm³/mol. The van der Waals surface area contributed by atoms with Gasteiger partial charge in [-0.2, -0.15) is 0 Å². The van der Waals surface area contributed by atoms with Crippen LogP contribution in [0.1, 0.15) is 77.5 Å². The van der Waals surface area contributed by atoms with Crippen molar-refractivity contribution in [1.82, 2.24) is 0 Å². The highest BCUT2D eigenvalue weighted by atomic mass is 19.1. The van der Waals surface area contributed by atoms with Crippen LogP contribution < -0.4 is 0 Å². The first-order valence-electron chi connectivity index (χ1n) is 14.4. The number of allylic oxidation sites excluding steroid dienone is 1. The standard InChI is InChI=1S/C34H36F2O7/c1-14(2)19-11-20(18-9-8-17(35)10-22(18)36)27(38)24-21(19)12-32(6)13-33(7)25(15(3)4)28(39)23(16(5)37)30(41)34(33,43)31(42)26(32)29(24)40/h8-11,14-15,25,38,40-41,43H,12-13H2,1-7H3/t25?,32-,33-,34+/m1/s1. The SMILES string of the molecule is CC(=O)C1=C(O)[C@]2(O)C(=O)C3=C(O)c4c(O)c(-c5ccc(F)cc5F)cc(C(C)C)c4C[C@]3(C)C[C@]2(C)C(C(C)C)C1=O. The van der Waals surface area contributed by atoms with E-state index in [1.807, 2.05) is 13.8 Å². The molecule has 0 amide bonds. The van der Waals surface area contributed by atoms with Gasteiger partial charge in [-0.25, -0.2) is 8.78 Å². The van der Waals surface area contributed by atoms with Crippen LogP contribution in [0.5, 0.6) is 5.75 Å². The zero-order valence-corrected chi connectivity index (χ0v) is 25.2. The molecule has 1 saturated carbocycles. The Bertz CT molecular complexity index is 1700. The second-order valence-electron chi connectivity index (χ2n) is 13.5. The van der Waals surface area contributed by atoms with Gasteiger partial charge in [0, 0.05) is 39.5 Å². The van der Waals surface area contributed by atoms with Crippen LogP contribution in [-0.2, 0) is 20.8 Å². The van der Waals surface area contributed by atoms with Crippen molar-refractivity contribution >= 4 is 23.1 Å². The Balaban J connectivity index is 1.86. The highest BCUT2D eigenvalue weighted by molar-refractivity contribution is 6.24. The van der Waals surface area contributed by atoms with Crippen LogP contribution >= 0.6 is 0 Å². The third kappa shape index (κ3) is 3.89. The van der Waals surface area contributed by atoms with Gasteiger partial charge >= 0.3 is 0 Å². The van der Waals surface area contributed by atoms with Gasteiger partial charge in [0.2, 0.25) is 5.78 Å². The normalized spacial score (nSPS) is 28.8. The summed E-state index contributed by atoms with van der Waals surface area (Å²) in [4.78, 5) is 40.7. The molecule has 0 saturated heterocycles. The van der Waals surface area contributed by atoms with Crippen molar-refractivity contribution < 1.29 is 43.6 Å². The number of Topliss-reactive ketones (excluding diaryl/α,β-unsaturated/α-hetero) is 3. The van der Waals surface area contributed by atoms with Gasteiger partial charge in [0.15, 0.2) is 17.2 Å². The minimum absolute atomic E-state index is 0.0211. The topological polar surface area (TPSA) is 132 Å². The van der Waals surface area contributed by atoms with Crippen molar-refractivity contribution in [2.45, 2.75) is 72.8 Å². The average Bonchev–Trinajstić information content (AvgIpc) is 2.86. The van der Waals surface area contributed by atoms with E-state index in [1.54, 1.807) is 33.8 Å². The van der Waals surface area contributed by atoms with Crippen LogP contribution in [0.4, 0.5) is 8.78 Å². The van der Waals surface area contributed by atoms with E-state index in [1.165, 1.54) is 6.07 Å². The molecule has 0 aliphatic heterocycles. The molecule has 0 aromatic heterocycles. The maximum absolute atomic E-state index is 14.9. The van der Waals surface area contributed by atoms with Gasteiger partial charge in [0.05, 0.1) is 5.56 Å². The molecule has 0 bridgehead atoms. The van der Waals surface area contributed by atoms with Crippen molar-refractivity contribution in [3.05, 3.63) is 69.5 Å². The summed E-state index contributed by atoms with van der Waals surface area (Å²) in [7, 11) is 0. The quantitative estimate of drug-likeness (QED) is 0.307. The Morgan fingerprint density at radius 1 is 1.00 bits per heavy atom. The van der Waals surface area contributed by atoms with E-state index >= 15 is 0 Å². The van der Waals surface area contributed by atoms with Crippen LogP contribution in [0.25, 0.3) is 16.9 Å². The predicted octanol–water partition coefficient (Wildman–Crippen LogP) is 6.26. The first-order chi connectivity index (χ1) is 19.8. The third-order valence-corrected chi connectivity index (χ3v) is 9.88. The summed E-state index contributed by atoms with van der Waals surface area (Å²) in [6, 6.07) is 4.48. The van der Waals surface area contributed by atoms with Crippen LogP contribution in [0.3, 0.4) is 0 Å². The summed E-state index contributed by atoms with van der Waals surface area (Å²) in [6.45, 7) is 11.6. The number of aliphatic hydroxyl groups excluding tert-OH is 2. The zero-order chi connectivity index (χ0) is 32.1. The molecular formula is C34H36F2O7. The third-order valence-electron chi connectivity index (χ3n) is 9.88. The minimum Gasteiger partial charge on any atom is -0.508 e. The van der Waals surface area contributed by atoms with E-state index in [2.05, 4.69) is 0 Å². The highest BCUT2D eigenvalue weighted by Gasteiger charge is 2.72. The summed E-state index contributed by atoms with van der Waals surface area (Å²) in [5, 5.41) is 46.9. The number of ketones is 3. The molecule has 4 atom stereocenters. The first kappa shape index (κ1) is 30.6. The molecule has 2 aromatic rings. The largest absolute Gasteiger partial charge is 0.508 e.